The van der Waals surface area contributed by atoms with Gasteiger partial charge in [-0.3, -0.25) is 4.99 Å². The first-order valence-electron chi connectivity index (χ1n) is 9.33. The van der Waals surface area contributed by atoms with Gasteiger partial charge in [0.25, 0.3) is 0 Å². The fourth-order valence-electron chi connectivity index (χ4n) is 3.60. The van der Waals surface area contributed by atoms with E-state index in [9.17, 15) is 0 Å². The molecule has 1 atom stereocenters. The number of hydrogen-bond acceptors (Lipinski definition) is 2. The van der Waals surface area contributed by atoms with Crippen LogP contribution in [0.25, 0.3) is 0 Å². The topological polar surface area (TPSA) is 24.4 Å². The van der Waals surface area contributed by atoms with Gasteiger partial charge in [0.2, 0.25) is 0 Å². The molecule has 28 heavy (non-hydrogen) atoms. The Morgan fingerprint density at radius 3 is 2.07 bits per heavy atom. The summed E-state index contributed by atoms with van der Waals surface area (Å²) in [6.07, 6.45) is 0.739. The van der Waals surface area contributed by atoms with Crippen molar-refractivity contribution in [2.75, 3.05) is 5.32 Å². The van der Waals surface area contributed by atoms with Crippen LogP contribution >= 0.6 is 23.2 Å². The van der Waals surface area contributed by atoms with Gasteiger partial charge in [0, 0.05) is 6.42 Å². The van der Waals surface area contributed by atoms with Crippen molar-refractivity contribution in [2.45, 2.75) is 32.7 Å². The lowest BCUT2D eigenvalue weighted by atomic mass is 9.84. The molecule has 3 aromatic rings. The fourth-order valence-corrected chi connectivity index (χ4v) is 3.92. The largest absolute Gasteiger partial charge is 0.374 e. The number of aliphatic imine (C=N–C) groups is 1. The van der Waals surface area contributed by atoms with Crippen molar-refractivity contribution in [2.24, 2.45) is 4.99 Å². The van der Waals surface area contributed by atoms with Crippen LogP contribution in [0.15, 0.2) is 65.7 Å². The summed E-state index contributed by atoms with van der Waals surface area (Å²) in [5.74, 6) is 0. The Kier molecular flexibility index (Phi) is 4.95. The van der Waals surface area contributed by atoms with Crippen LogP contribution in [0, 0.1) is 13.8 Å². The second-order valence-corrected chi connectivity index (χ2v) is 8.52. The van der Waals surface area contributed by atoms with E-state index in [1.54, 1.807) is 0 Å². The first kappa shape index (κ1) is 19.0. The molecule has 142 valence electrons. The molecule has 4 rings (SSSR count). The number of fused-ring (bicyclic) bond motifs is 1. The normalized spacial score (nSPS) is 18.7. The lowest BCUT2D eigenvalue weighted by Gasteiger charge is -2.32. The highest BCUT2D eigenvalue weighted by atomic mass is 35.5. The monoisotopic (exact) mass is 408 g/mol. The molecular weight excluding hydrogens is 387 g/mol. The summed E-state index contributed by atoms with van der Waals surface area (Å²) in [4.78, 5) is 4.99. The molecule has 0 radical (unpaired) electrons. The molecule has 0 amide bonds. The van der Waals surface area contributed by atoms with E-state index >= 15 is 0 Å². The van der Waals surface area contributed by atoms with Crippen molar-refractivity contribution in [3.8, 4) is 0 Å². The summed E-state index contributed by atoms with van der Waals surface area (Å²) < 4.78 is 0. The van der Waals surface area contributed by atoms with Crippen molar-refractivity contribution in [1.29, 1.82) is 0 Å². The molecule has 0 saturated carbocycles. The number of anilines is 1. The maximum atomic E-state index is 6.31. The molecule has 0 spiro atoms. The Morgan fingerprint density at radius 1 is 0.857 bits per heavy atom. The third kappa shape index (κ3) is 3.67. The van der Waals surface area contributed by atoms with Gasteiger partial charge in [-0.2, -0.15) is 0 Å². The van der Waals surface area contributed by atoms with Gasteiger partial charge in [0.05, 0.1) is 32.7 Å². The molecule has 4 heteroatoms. The number of aryl methyl sites for hydroxylation is 2. The van der Waals surface area contributed by atoms with E-state index in [4.69, 9.17) is 28.2 Å². The Labute approximate surface area is 176 Å². The number of nitrogens with one attached hydrogen (secondary N) is 1. The van der Waals surface area contributed by atoms with Gasteiger partial charge in [0.1, 0.15) is 0 Å². The third-order valence-electron chi connectivity index (χ3n) is 5.30. The average molecular weight is 409 g/mol. The van der Waals surface area contributed by atoms with E-state index < -0.39 is 0 Å². The lowest BCUT2D eigenvalue weighted by molar-refractivity contribution is 0.571. The standard InChI is InChI=1S/C24H22Cl2N2/c1-15-4-8-17(9-5-15)23-14-24(3,18-10-6-16(2)7-11-18)28-22-13-20(26)19(25)12-21(22)27-23/h4-13,28H,14H2,1-3H3. The number of benzene rings is 3. The van der Waals surface area contributed by atoms with Gasteiger partial charge in [-0.1, -0.05) is 82.9 Å². The lowest BCUT2D eigenvalue weighted by Crippen LogP contribution is -2.33. The number of halogens is 2. The second-order valence-electron chi connectivity index (χ2n) is 7.71. The SMILES string of the molecule is Cc1ccc(C2=Nc3cc(Cl)c(Cl)cc3NC(C)(c3ccc(C)cc3)C2)cc1. The van der Waals surface area contributed by atoms with Gasteiger partial charge < -0.3 is 5.32 Å². The fraction of sp³-hybridized carbons (Fsp3) is 0.208. The number of rotatable bonds is 2. The first-order chi connectivity index (χ1) is 13.3. The highest BCUT2D eigenvalue weighted by molar-refractivity contribution is 6.42. The van der Waals surface area contributed by atoms with E-state index in [-0.39, 0.29) is 5.54 Å². The summed E-state index contributed by atoms with van der Waals surface area (Å²) in [7, 11) is 0. The summed E-state index contributed by atoms with van der Waals surface area (Å²) in [5.41, 5.74) is 7.17. The molecule has 0 saturated heterocycles. The number of hydrogen-bond donors (Lipinski definition) is 1. The molecule has 1 unspecified atom stereocenters. The molecule has 3 aromatic carbocycles. The van der Waals surface area contributed by atoms with Crippen LogP contribution in [-0.2, 0) is 5.54 Å². The smallest absolute Gasteiger partial charge is 0.0880 e. The van der Waals surface area contributed by atoms with E-state index in [0.717, 1.165) is 29.1 Å². The van der Waals surface area contributed by atoms with E-state index in [0.29, 0.717) is 10.0 Å². The summed E-state index contributed by atoms with van der Waals surface area (Å²) in [6.45, 7) is 6.40. The molecular formula is C24H22Cl2N2. The maximum absolute atomic E-state index is 6.31. The van der Waals surface area contributed by atoms with Crippen molar-refractivity contribution >= 4 is 40.3 Å². The van der Waals surface area contributed by atoms with Crippen molar-refractivity contribution in [1.82, 2.24) is 0 Å². The number of nitrogens with zero attached hydrogens (tertiary/aromatic N) is 1. The summed E-state index contributed by atoms with van der Waals surface area (Å²) in [6, 6.07) is 20.9. The minimum absolute atomic E-state index is 0.334. The van der Waals surface area contributed by atoms with Gasteiger partial charge in [-0.25, -0.2) is 0 Å². The summed E-state index contributed by atoms with van der Waals surface area (Å²) in [5, 5.41) is 4.72. The molecule has 2 nitrogen and oxygen atoms in total. The van der Waals surface area contributed by atoms with Gasteiger partial charge >= 0.3 is 0 Å². The summed E-state index contributed by atoms with van der Waals surface area (Å²) >= 11 is 12.6. The zero-order chi connectivity index (χ0) is 19.9. The Hall–Kier alpha value is -2.29. The molecule has 1 N–H and O–H groups in total. The van der Waals surface area contributed by atoms with Crippen LogP contribution in [0.1, 0.15) is 35.6 Å². The van der Waals surface area contributed by atoms with Gasteiger partial charge in [-0.15, -0.1) is 0 Å². The first-order valence-corrected chi connectivity index (χ1v) is 10.1. The Bertz CT molecular complexity index is 1050. The molecule has 1 heterocycles. The molecule has 0 aliphatic carbocycles. The van der Waals surface area contributed by atoms with Crippen LogP contribution in [-0.4, -0.2) is 5.71 Å². The van der Waals surface area contributed by atoms with E-state index in [1.165, 1.54) is 16.7 Å². The molecule has 1 aliphatic heterocycles. The second kappa shape index (κ2) is 7.27. The molecule has 1 aliphatic rings. The van der Waals surface area contributed by atoms with Crippen LogP contribution < -0.4 is 5.32 Å². The van der Waals surface area contributed by atoms with Crippen molar-refractivity contribution in [3.63, 3.8) is 0 Å². The molecule has 0 aromatic heterocycles. The van der Waals surface area contributed by atoms with Crippen LogP contribution in [0.4, 0.5) is 11.4 Å². The van der Waals surface area contributed by atoms with Gasteiger partial charge in [0.15, 0.2) is 0 Å². The van der Waals surface area contributed by atoms with Gasteiger partial charge in [-0.05, 0) is 44.0 Å². The average Bonchev–Trinajstić information content (AvgIpc) is 2.80. The minimum Gasteiger partial charge on any atom is -0.374 e. The Balaban J connectivity index is 1.89. The predicted molar refractivity (Wildman–Crippen MR) is 121 cm³/mol. The van der Waals surface area contributed by atoms with Crippen LogP contribution in [0.5, 0.6) is 0 Å². The maximum Gasteiger partial charge on any atom is 0.0880 e. The molecule has 0 fully saturated rings. The highest BCUT2D eigenvalue weighted by Gasteiger charge is 2.32. The van der Waals surface area contributed by atoms with Crippen LogP contribution in [0.2, 0.25) is 10.0 Å². The Morgan fingerprint density at radius 2 is 1.43 bits per heavy atom. The van der Waals surface area contributed by atoms with Crippen LogP contribution in [0.3, 0.4) is 0 Å². The quantitative estimate of drug-likeness (QED) is 0.467. The van der Waals surface area contributed by atoms with Crippen molar-refractivity contribution < 1.29 is 0 Å². The predicted octanol–water partition coefficient (Wildman–Crippen LogP) is 7.46. The minimum atomic E-state index is -0.334. The third-order valence-corrected chi connectivity index (χ3v) is 6.02. The van der Waals surface area contributed by atoms with E-state index in [1.807, 2.05) is 12.1 Å². The zero-order valence-corrected chi connectivity index (χ0v) is 17.7. The highest BCUT2D eigenvalue weighted by Crippen LogP contribution is 2.42. The van der Waals surface area contributed by atoms with Crippen molar-refractivity contribution in [3.05, 3.63) is 93.0 Å². The zero-order valence-electron chi connectivity index (χ0n) is 16.2. The molecule has 0 bridgehead atoms. The van der Waals surface area contributed by atoms with E-state index in [2.05, 4.69) is 74.6 Å².